The first kappa shape index (κ1) is 19.9. The van der Waals surface area contributed by atoms with Crippen LogP contribution in [0.5, 0.6) is 0 Å². The average molecular weight is 414 g/mol. The van der Waals surface area contributed by atoms with Crippen molar-refractivity contribution in [3.8, 4) is 0 Å². The Morgan fingerprint density at radius 2 is 1.76 bits per heavy atom. The van der Waals surface area contributed by atoms with Crippen molar-refractivity contribution in [3.63, 3.8) is 0 Å². The molecule has 0 spiro atoms. The maximum absolute atomic E-state index is 12.6. The molecule has 1 heterocycles. The monoisotopic (exact) mass is 413 g/mol. The molecule has 0 unspecified atom stereocenters. The van der Waals surface area contributed by atoms with Crippen LogP contribution in [-0.4, -0.2) is 58.2 Å². The molecule has 1 aliphatic carbocycles. The van der Waals surface area contributed by atoms with Gasteiger partial charge in [-0.05, 0) is 55.2 Å². The summed E-state index contributed by atoms with van der Waals surface area (Å²) in [5.74, 6) is 0.600. The minimum absolute atomic E-state index is 0.142. The Morgan fingerprint density at radius 3 is 2.45 bits per heavy atom. The van der Waals surface area contributed by atoms with E-state index in [4.69, 9.17) is 0 Å². The van der Waals surface area contributed by atoms with Gasteiger partial charge < -0.3 is 10.2 Å². The molecule has 1 N–H and O–H groups in total. The first-order chi connectivity index (χ1) is 13.9. The summed E-state index contributed by atoms with van der Waals surface area (Å²) in [7, 11) is -3.35. The molecule has 7 heteroatoms. The van der Waals surface area contributed by atoms with Crippen molar-refractivity contribution in [1.82, 2.24) is 4.90 Å². The standard InChI is InChI=1S/C22H27N3O3S/c1-29(27,28)21-7-2-4-18(14-21)22(26)23-19-5-3-6-20(15-19)25-12-10-24(11-13-25)16-17-8-9-17/h2-7,14-15,17H,8-13,16H2,1H3,(H,23,26). The Kier molecular flexibility index (Phi) is 5.61. The van der Waals surface area contributed by atoms with Gasteiger partial charge in [0, 0.05) is 55.9 Å². The number of sulfone groups is 1. The summed E-state index contributed by atoms with van der Waals surface area (Å²) in [5, 5.41) is 2.89. The lowest BCUT2D eigenvalue weighted by atomic mass is 10.2. The van der Waals surface area contributed by atoms with Crippen LogP contribution in [-0.2, 0) is 9.84 Å². The highest BCUT2D eigenvalue weighted by Gasteiger charge is 2.26. The van der Waals surface area contributed by atoms with Gasteiger partial charge in [0.1, 0.15) is 0 Å². The van der Waals surface area contributed by atoms with Crippen LogP contribution in [0, 0.1) is 5.92 Å². The molecule has 2 aliphatic rings. The second-order valence-electron chi connectivity index (χ2n) is 8.04. The molecule has 2 aromatic carbocycles. The van der Waals surface area contributed by atoms with E-state index < -0.39 is 9.84 Å². The van der Waals surface area contributed by atoms with Crippen LogP contribution in [0.2, 0.25) is 0 Å². The largest absolute Gasteiger partial charge is 0.369 e. The number of nitrogens with one attached hydrogen (secondary N) is 1. The topological polar surface area (TPSA) is 69.7 Å². The number of amides is 1. The Labute approximate surface area is 172 Å². The first-order valence-electron chi connectivity index (χ1n) is 10.1. The molecule has 1 amide bonds. The van der Waals surface area contributed by atoms with E-state index in [1.165, 1.54) is 31.5 Å². The highest BCUT2D eigenvalue weighted by atomic mass is 32.2. The molecule has 1 saturated carbocycles. The predicted octanol–water partition coefficient (Wildman–Crippen LogP) is 2.87. The van der Waals surface area contributed by atoms with Gasteiger partial charge in [0.15, 0.2) is 9.84 Å². The minimum Gasteiger partial charge on any atom is -0.369 e. The smallest absolute Gasteiger partial charge is 0.255 e. The van der Waals surface area contributed by atoms with Crippen LogP contribution in [0.1, 0.15) is 23.2 Å². The summed E-state index contributed by atoms with van der Waals surface area (Å²) < 4.78 is 23.5. The summed E-state index contributed by atoms with van der Waals surface area (Å²) in [4.78, 5) is 17.6. The van der Waals surface area contributed by atoms with Gasteiger partial charge in [-0.15, -0.1) is 0 Å². The van der Waals surface area contributed by atoms with E-state index >= 15 is 0 Å². The van der Waals surface area contributed by atoms with E-state index in [9.17, 15) is 13.2 Å². The highest BCUT2D eigenvalue weighted by molar-refractivity contribution is 7.90. The lowest BCUT2D eigenvalue weighted by molar-refractivity contribution is 0.102. The SMILES string of the molecule is CS(=O)(=O)c1cccc(C(=O)Nc2cccc(N3CCN(CC4CC4)CC3)c2)c1. The molecule has 154 valence electrons. The van der Waals surface area contributed by atoms with Crippen molar-refractivity contribution in [2.24, 2.45) is 5.92 Å². The molecule has 0 aromatic heterocycles. The molecule has 2 fully saturated rings. The van der Waals surface area contributed by atoms with Gasteiger partial charge in [0.05, 0.1) is 4.90 Å². The summed E-state index contributed by atoms with van der Waals surface area (Å²) in [6, 6.07) is 13.9. The van der Waals surface area contributed by atoms with Crippen molar-refractivity contribution < 1.29 is 13.2 Å². The lowest BCUT2D eigenvalue weighted by Gasteiger charge is -2.36. The molecule has 2 aromatic rings. The molecular weight excluding hydrogens is 386 g/mol. The van der Waals surface area contributed by atoms with Crippen LogP contribution in [0.15, 0.2) is 53.4 Å². The Morgan fingerprint density at radius 1 is 1.03 bits per heavy atom. The molecule has 29 heavy (non-hydrogen) atoms. The van der Waals surface area contributed by atoms with E-state index in [0.717, 1.165) is 44.0 Å². The van der Waals surface area contributed by atoms with Crippen molar-refractivity contribution in [3.05, 3.63) is 54.1 Å². The zero-order valence-corrected chi connectivity index (χ0v) is 17.5. The maximum Gasteiger partial charge on any atom is 0.255 e. The van der Waals surface area contributed by atoms with Gasteiger partial charge in [0.25, 0.3) is 5.91 Å². The molecular formula is C22H27N3O3S. The van der Waals surface area contributed by atoms with Crippen molar-refractivity contribution >= 4 is 27.1 Å². The number of anilines is 2. The molecule has 0 atom stereocenters. The van der Waals surface area contributed by atoms with Crippen LogP contribution in [0.4, 0.5) is 11.4 Å². The number of rotatable bonds is 6. The summed E-state index contributed by atoms with van der Waals surface area (Å²) in [6.45, 7) is 5.36. The number of carbonyl (C=O) groups excluding carboxylic acids is 1. The third kappa shape index (κ3) is 5.16. The fourth-order valence-electron chi connectivity index (χ4n) is 3.71. The van der Waals surface area contributed by atoms with E-state index in [0.29, 0.717) is 11.3 Å². The molecule has 6 nitrogen and oxygen atoms in total. The van der Waals surface area contributed by atoms with Gasteiger partial charge in [0.2, 0.25) is 0 Å². The quantitative estimate of drug-likeness (QED) is 0.789. The lowest BCUT2D eigenvalue weighted by Crippen LogP contribution is -2.47. The zero-order chi connectivity index (χ0) is 20.4. The fraction of sp³-hybridized carbons (Fsp3) is 0.409. The summed E-state index contributed by atoms with van der Waals surface area (Å²) in [5.41, 5.74) is 2.13. The zero-order valence-electron chi connectivity index (χ0n) is 16.7. The summed E-state index contributed by atoms with van der Waals surface area (Å²) >= 11 is 0. The van der Waals surface area contributed by atoms with Crippen molar-refractivity contribution in [2.45, 2.75) is 17.7 Å². The summed E-state index contributed by atoms with van der Waals surface area (Å²) in [6.07, 6.45) is 3.90. The van der Waals surface area contributed by atoms with Crippen LogP contribution >= 0.6 is 0 Å². The number of piperazine rings is 1. The van der Waals surface area contributed by atoms with Gasteiger partial charge in [-0.3, -0.25) is 9.69 Å². The normalized spacial score (nSPS) is 17.9. The van der Waals surface area contributed by atoms with Gasteiger partial charge in [-0.25, -0.2) is 8.42 Å². The third-order valence-electron chi connectivity index (χ3n) is 5.58. The Hall–Kier alpha value is -2.38. The highest BCUT2D eigenvalue weighted by Crippen LogP contribution is 2.30. The van der Waals surface area contributed by atoms with E-state index in [-0.39, 0.29) is 10.8 Å². The minimum atomic E-state index is -3.35. The second kappa shape index (κ2) is 8.16. The fourth-order valence-corrected chi connectivity index (χ4v) is 4.37. The van der Waals surface area contributed by atoms with Crippen molar-refractivity contribution in [1.29, 1.82) is 0 Å². The van der Waals surface area contributed by atoms with Gasteiger partial charge in [-0.2, -0.15) is 0 Å². The molecule has 0 radical (unpaired) electrons. The maximum atomic E-state index is 12.6. The Bertz CT molecular complexity index is 994. The molecule has 1 aliphatic heterocycles. The third-order valence-corrected chi connectivity index (χ3v) is 6.69. The number of hydrogen-bond donors (Lipinski definition) is 1. The predicted molar refractivity (Wildman–Crippen MR) is 115 cm³/mol. The Balaban J connectivity index is 1.40. The molecule has 4 rings (SSSR count). The van der Waals surface area contributed by atoms with E-state index in [2.05, 4.69) is 21.2 Å². The van der Waals surface area contributed by atoms with E-state index in [1.807, 2.05) is 18.2 Å². The number of nitrogens with zero attached hydrogens (tertiary/aromatic N) is 2. The molecule has 1 saturated heterocycles. The first-order valence-corrected chi connectivity index (χ1v) is 12.0. The number of benzene rings is 2. The van der Waals surface area contributed by atoms with Gasteiger partial charge in [-0.1, -0.05) is 12.1 Å². The van der Waals surface area contributed by atoms with E-state index in [1.54, 1.807) is 12.1 Å². The average Bonchev–Trinajstić information content (AvgIpc) is 3.52. The van der Waals surface area contributed by atoms with Crippen LogP contribution in [0.3, 0.4) is 0 Å². The van der Waals surface area contributed by atoms with Crippen LogP contribution < -0.4 is 10.2 Å². The number of carbonyl (C=O) groups is 1. The second-order valence-corrected chi connectivity index (χ2v) is 10.1. The van der Waals surface area contributed by atoms with Crippen molar-refractivity contribution in [2.75, 3.05) is 49.2 Å². The van der Waals surface area contributed by atoms with Gasteiger partial charge >= 0.3 is 0 Å². The van der Waals surface area contributed by atoms with Crippen LogP contribution in [0.25, 0.3) is 0 Å². The number of hydrogen-bond acceptors (Lipinski definition) is 5. The molecule has 0 bridgehead atoms.